The molecule has 0 rings (SSSR count). The molecule has 0 spiro atoms. The van der Waals surface area contributed by atoms with E-state index in [9.17, 15) is 19.4 Å². The minimum atomic E-state index is -4.59. The Hall–Kier alpha value is -1.54. The van der Waals surface area contributed by atoms with Crippen LogP contribution in [0.5, 0.6) is 0 Å². The summed E-state index contributed by atoms with van der Waals surface area (Å²) in [5.74, 6) is -0.210. The van der Waals surface area contributed by atoms with Crippen molar-refractivity contribution in [1.29, 1.82) is 0 Å². The van der Waals surface area contributed by atoms with Gasteiger partial charge in [0.2, 0.25) is 5.91 Å². The largest absolute Gasteiger partial charge is 0.756 e. The van der Waals surface area contributed by atoms with Crippen LogP contribution < -0.4 is 10.2 Å². The highest BCUT2D eigenvalue weighted by Gasteiger charge is 2.23. The molecule has 0 bridgehead atoms. The van der Waals surface area contributed by atoms with Gasteiger partial charge in [0, 0.05) is 6.42 Å². The van der Waals surface area contributed by atoms with E-state index in [2.05, 4.69) is 55.6 Å². The van der Waals surface area contributed by atoms with Gasteiger partial charge in [-0.15, -0.1) is 0 Å². The number of nitrogens with one attached hydrogen (secondary N) is 1. The van der Waals surface area contributed by atoms with Crippen LogP contribution in [0.1, 0.15) is 245 Å². The molecule has 0 aromatic carbocycles. The third-order valence-corrected chi connectivity index (χ3v) is 13.0. The summed E-state index contributed by atoms with van der Waals surface area (Å²) in [6.45, 7) is 4.51. The van der Waals surface area contributed by atoms with Gasteiger partial charge in [0.15, 0.2) is 0 Å². The summed E-state index contributed by atoms with van der Waals surface area (Å²) in [4.78, 5) is 25.2. The van der Waals surface area contributed by atoms with Gasteiger partial charge in [-0.25, -0.2) is 0 Å². The second-order valence-corrected chi connectivity index (χ2v) is 21.0. The Labute approximate surface area is 397 Å². The fraction of sp³-hybridized carbons (Fsp3) is 0.836. The van der Waals surface area contributed by atoms with E-state index in [1.165, 1.54) is 173 Å². The molecule has 2 N–H and O–H groups in total. The van der Waals surface area contributed by atoms with Crippen molar-refractivity contribution in [3.8, 4) is 0 Å². The third-order valence-electron chi connectivity index (χ3n) is 12.0. The predicted octanol–water partition coefficient (Wildman–Crippen LogP) is 15.3. The van der Waals surface area contributed by atoms with Crippen LogP contribution in [0.4, 0.5) is 0 Å². The average Bonchev–Trinajstić information content (AvgIpc) is 3.25. The van der Waals surface area contributed by atoms with Crippen molar-refractivity contribution in [3.63, 3.8) is 0 Å². The van der Waals surface area contributed by atoms with Crippen LogP contribution in [-0.4, -0.2) is 68.5 Å². The fourth-order valence-corrected chi connectivity index (χ4v) is 8.46. The molecule has 8 nitrogen and oxygen atoms in total. The number of hydrogen-bond acceptors (Lipinski definition) is 6. The number of quaternary nitrogens is 1. The first-order valence-electron chi connectivity index (χ1n) is 27.0. The lowest BCUT2D eigenvalue weighted by molar-refractivity contribution is -0.870. The van der Waals surface area contributed by atoms with Crippen LogP contribution in [0.15, 0.2) is 48.6 Å². The molecule has 0 heterocycles. The van der Waals surface area contributed by atoms with Gasteiger partial charge in [-0.05, 0) is 57.8 Å². The van der Waals surface area contributed by atoms with E-state index < -0.39 is 26.6 Å². The smallest absolute Gasteiger partial charge is 0.268 e. The summed E-state index contributed by atoms with van der Waals surface area (Å²) in [6.07, 6.45) is 61.0. The molecule has 9 heteroatoms. The molecule has 376 valence electrons. The maximum Gasteiger partial charge on any atom is 0.268 e. The molecule has 0 saturated heterocycles. The normalized spacial score (nSPS) is 14.4. The van der Waals surface area contributed by atoms with E-state index in [1.54, 1.807) is 6.08 Å². The van der Waals surface area contributed by atoms with E-state index in [4.69, 9.17) is 9.05 Å². The number of hydrogen-bond donors (Lipinski definition) is 2. The quantitative estimate of drug-likeness (QED) is 0.0272. The zero-order chi connectivity index (χ0) is 47.1. The highest BCUT2D eigenvalue weighted by Crippen LogP contribution is 2.38. The second kappa shape index (κ2) is 46.6. The first-order chi connectivity index (χ1) is 31.0. The Balaban J connectivity index is 3.82. The summed E-state index contributed by atoms with van der Waals surface area (Å²) in [5, 5.41) is 13.7. The Bertz CT molecular complexity index is 1180. The van der Waals surface area contributed by atoms with Crippen LogP contribution in [0, 0.1) is 0 Å². The highest BCUT2D eigenvalue weighted by atomic mass is 31.2. The molecule has 0 aliphatic carbocycles. The molecule has 3 unspecified atom stereocenters. The minimum Gasteiger partial charge on any atom is -0.756 e. The van der Waals surface area contributed by atoms with Crippen molar-refractivity contribution in [1.82, 2.24) is 5.32 Å². The summed E-state index contributed by atoms with van der Waals surface area (Å²) in [5.41, 5.74) is 0. The van der Waals surface area contributed by atoms with Gasteiger partial charge < -0.3 is 28.8 Å². The number of nitrogens with zero attached hydrogens (tertiary/aromatic N) is 1. The number of amides is 1. The van der Waals surface area contributed by atoms with Gasteiger partial charge in [-0.3, -0.25) is 9.36 Å². The molecule has 0 saturated carbocycles. The van der Waals surface area contributed by atoms with Crippen molar-refractivity contribution in [2.45, 2.75) is 257 Å². The number of phosphoric ester groups is 1. The number of carbonyl (C=O) groups is 1. The molecule has 3 atom stereocenters. The first kappa shape index (κ1) is 62.5. The van der Waals surface area contributed by atoms with Crippen molar-refractivity contribution in [2.24, 2.45) is 0 Å². The standard InChI is InChI=1S/C55H105N2O6P/c1-6-8-10-12-14-15-16-17-18-19-20-21-22-23-24-25-26-27-28-29-30-31-32-33-34-35-36-37-38-39-40-41-43-45-47-49-55(59)56-53(54(58)48-46-44-42-13-11-9-7-2)52-63-64(60,61)62-51-50-57(3,4)5/h11,13,16-17,19-20,46,48,53-54,58H,6-10,12,14-15,18,21-45,47,49-52H2,1-5H3,(H-,56,59,60,61)/b13-11+,17-16-,20-19-,48-46+. The lowest BCUT2D eigenvalue weighted by Gasteiger charge is -2.29. The number of carbonyl (C=O) groups excluding carboxylic acids is 1. The number of unbranched alkanes of at least 4 members (excludes halogenated alkanes) is 30. The lowest BCUT2D eigenvalue weighted by Crippen LogP contribution is -2.45. The Morgan fingerprint density at radius 2 is 0.953 bits per heavy atom. The summed E-state index contributed by atoms with van der Waals surface area (Å²) >= 11 is 0. The molecule has 0 radical (unpaired) electrons. The predicted molar refractivity (Wildman–Crippen MR) is 274 cm³/mol. The van der Waals surface area contributed by atoms with Gasteiger partial charge in [-0.2, -0.15) is 0 Å². The first-order valence-corrected chi connectivity index (χ1v) is 28.5. The van der Waals surface area contributed by atoms with Crippen LogP contribution in [0.3, 0.4) is 0 Å². The van der Waals surface area contributed by atoms with Crippen molar-refractivity contribution in [3.05, 3.63) is 48.6 Å². The molecule has 64 heavy (non-hydrogen) atoms. The van der Waals surface area contributed by atoms with Crippen molar-refractivity contribution in [2.75, 3.05) is 40.9 Å². The van der Waals surface area contributed by atoms with E-state index >= 15 is 0 Å². The third kappa shape index (κ3) is 48.4. The number of aliphatic hydroxyl groups is 1. The van der Waals surface area contributed by atoms with E-state index in [0.29, 0.717) is 17.4 Å². The second-order valence-electron chi connectivity index (χ2n) is 19.6. The van der Waals surface area contributed by atoms with Gasteiger partial charge >= 0.3 is 0 Å². The number of likely N-dealkylation sites (N-methyl/N-ethyl adjacent to an activating group) is 1. The van der Waals surface area contributed by atoms with E-state index in [-0.39, 0.29) is 12.5 Å². The van der Waals surface area contributed by atoms with Gasteiger partial charge in [0.25, 0.3) is 7.82 Å². The maximum absolute atomic E-state index is 12.8. The van der Waals surface area contributed by atoms with Crippen LogP contribution in [-0.2, 0) is 18.4 Å². The number of phosphoric acid groups is 1. The summed E-state index contributed by atoms with van der Waals surface area (Å²) in [6, 6.07) is -0.899. The van der Waals surface area contributed by atoms with Crippen LogP contribution >= 0.6 is 7.82 Å². The molecule has 0 fully saturated rings. The zero-order valence-electron chi connectivity index (χ0n) is 42.7. The van der Waals surface area contributed by atoms with Gasteiger partial charge in [0.1, 0.15) is 13.2 Å². The monoisotopic (exact) mass is 921 g/mol. The molecular formula is C55H105N2O6P. The number of allylic oxidation sites excluding steroid dienone is 7. The zero-order valence-corrected chi connectivity index (χ0v) is 43.6. The molecule has 0 aromatic rings. The molecule has 0 aliphatic heterocycles. The lowest BCUT2D eigenvalue weighted by atomic mass is 10.0. The minimum absolute atomic E-state index is 0.00645. The topological polar surface area (TPSA) is 108 Å². The average molecular weight is 921 g/mol. The number of aliphatic hydroxyl groups excluding tert-OH is 1. The molecule has 0 aromatic heterocycles. The van der Waals surface area contributed by atoms with Gasteiger partial charge in [0.05, 0.1) is 39.9 Å². The van der Waals surface area contributed by atoms with Crippen LogP contribution in [0.2, 0.25) is 0 Å². The SMILES string of the molecule is CCC/C=C/CC/C=C/C(O)C(COP(=O)([O-])OCC[N+](C)(C)C)NC(=O)CCCCCCCCCCCCCCCCCCCCCCCCC/C=C\C/C=C\CCCCCCC. The van der Waals surface area contributed by atoms with Crippen molar-refractivity contribution >= 4 is 13.7 Å². The highest BCUT2D eigenvalue weighted by molar-refractivity contribution is 7.45. The summed E-state index contributed by atoms with van der Waals surface area (Å²) in [7, 11) is 1.24. The van der Waals surface area contributed by atoms with E-state index in [0.717, 1.165) is 51.4 Å². The van der Waals surface area contributed by atoms with Crippen molar-refractivity contribution < 1.29 is 32.9 Å². The van der Waals surface area contributed by atoms with Crippen LogP contribution in [0.25, 0.3) is 0 Å². The summed E-state index contributed by atoms with van der Waals surface area (Å²) < 4.78 is 23.1. The fourth-order valence-electron chi connectivity index (χ4n) is 7.74. The molecule has 0 aliphatic rings. The van der Waals surface area contributed by atoms with Gasteiger partial charge in [-0.1, -0.05) is 229 Å². The van der Waals surface area contributed by atoms with E-state index in [1.807, 2.05) is 27.2 Å². The molecular weight excluding hydrogens is 816 g/mol. The Kier molecular flexibility index (Phi) is 45.4. The maximum atomic E-state index is 12.8. The Morgan fingerprint density at radius 3 is 1.41 bits per heavy atom. The Morgan fingerprint density at radius 1 is 0.547 bits per heavy atom. The number of rotatable bonds is 49. The molecule has 1 amide bonds.